The molecule has 0 saturated carbocycles. The van der Waals surface area contributed by atoms with E-state index in [1.807, 2.05) is 24.3 Å². The standard InChI is InChI=1S/C19H26N2O4/c1-4-13(3)15-8-6-7-9-16(15)21-12-14(10-17(21)22)19(24)20-11-18(23)25-5-2/h6-9,13-14H,4-5,10-12H2,1-3H3,(H,20,24). The van der Waals surface area contributed by atoms with Gasteiger partial charge in [-0.05, 0) is 30.9 Å². The molecule has 0 spiro atoms. The summed E-state index contributed by atoms with van der Waals surface area (Å²) in [7, 11) is 0. The van der Waals surface area contributed by atoms with Crippen molar-refractivity contribution >= 4 is 23.5 Å². The molecule has 1 N–H and O–H groups in total. The van der Waals surface area contributed by atoms with Gasteiger partial charge in [0.05, 0.1) is 12.5 Å². The largest absolute Gasteiger partial charge is 0.465 e. The second kappa shape index (κ2) is 8.65. The Labute approximate surface area is 148 Å². The fraction of sp³-hybridized carbons (Fsp3) is 0.526. The number of amides is 2. The number of ether oxygens (including phenoxy) is 1. The Hall–Kier alpha value is -2.37. The smallest absolute Gasteiger partial charge is 0.325 e. The molecule has 1 aliphatic heterocycles. The summed E-state index contributed by atoms with van der Waals surface area (Å²) in [4.78, 5) is 37.7. The maximum atomic E-state index is 12.4. The highest BCUT2D eigenvalue weighted by Gasteiger charge is 2.36. The van der Waals surface area contributed by atoms with Crippen molar-refractivity contribution in [3.63, 3.8) is 0 Å². The van der Waals surface area contributed by atoms with Crippen LogP contribution >= 0.6 is 0 Å². The first kappa shape index (κ1) is 19.0. The summed E-state index contributed by atoms with van der Waals surface area (Å²) in [6.45, 7) is 6.39. The molecule has 1 fully saturated rings. The average Bonchev–Trinajstić information content (AvgIpc) is 3.01. The third kappa shape index (κ3) is 4.59. The van der Waals surface area contributed by atoms with Gasteiger partial charge in [-0.2, -0.15) is 0 Å². The maximum Gasteiger partial charge on any atom is 0.325 e. The second-order valence-electron chi connectivity index (χ2n) is 6.30. The number of anilines is 1. The summed E-state index contributed by atoms with van der Waals surface area (Å²) in [5.74, 6) is -0.941. The van der Waals surface area contributed by atoms with E-state index >= 15 is 0 Å². The molecule has 0 radical (unpaired) electrons. The van der Waals surface area contributed by atoms with Gasteiger partial charge in [0.1, 0.15) is 6.54 Å². The van der Waals surface area contributed by atoms with Gasteiger partial charge in [0.15, 0.2) is 0 Å². The Balaban J connectivity index is 2.05. The molecular formula is C19H26N2O4. The predicted molar refractivity (Wildman–Crippen MR) is 95.3 cm³/mol. The van der Waals surface area contributed by atoms with E-state index in [-0.39, 0.29) is 31.4 Å². The molecule has 1 aromatic carbocycles. The molecule has 1 saturated heterocycles. The Morgan fingerprint density at radius 1 is 1.32 bits per heavy atom. The predicted octanol–water partition coefficient (Wildman–Crippen LogP) is 2.23. The molecule has 6 heteroatoms. The van der Waals surface area contributed by atoms with Crippen LogP contribution in [0.4, 0.5) is 5.69 Å². The second-order valence-corrected chi connectivity index (χ2v) is 6.30. The summed E-state index contributed by atoms with van der Waals surface area (Å²) in [6.07, 6.45) is 1.13. The van der Waals surface area contributed by atoms with E-state index in [9.17, 15) is 14.4 Å². The lowest BCUT2D eigenvalue weighted by Gasteiger charge is -2.23. The number of hydrogen-bond acceptors (Lipinski definition) is 4. The minimum absolute atomic E-state index is 0.0629. The van der Waals surface area contributed by atoms with Crippen molar-refractivity contribution in [3.8, 4) is 0 Å². The van der Waals surface area contributed by atoms with Crippen LogP contribution in [0.15, 0.2) is 24.3 Å². The molecule has 136 valence electrons. The average molecular weight is 346 g/mol. The number of hydrogen-bond donors (Lipinski definition) is 1. The fourth-order valence-electron chi connectivity index (χ4n) is 3.00. The summed E-state index contributed by atoms with van der Waals surface area (Å²) < 4.78 is 4.79. The van der Waals surface area contributed by atoms with E-state index in [0.29, 0.717) is 12.5 Å². The van der Waals surface area contributed by atoms with Gasteiger partial charge in [-0.1, -0.05) is 32.0 Å². The minimum atomic E-state index is -0.473. The van der Waals surface area contributed by atoms with Gasteiger partial charge >= 0.3 is 5.97 Å². The first-order valence-electron chi connectivity index (χ1n) is 8.80. The van der Waals surface area contributed by atoms with Crippen molar-refractivity contribution < 1.29 is 19.1 Å². The van der Waals surface area contributed by atoms with E-state index in [0.717, 1.165) is 17.7 Å². The lowest BCUT2D eigenvalue weighted by molar-refractivity contribution is -0.143. The van der Waals surface area contributed by atoms with Gasteiger partial charge in [0.2, 0.25) is 11.8 Å². The normalized spacial score (nSPS) is 18.1. The zero-order valence-electron chi connectivity index (χ0n) is 15.1. The number of nitrogens with one attached hydrogen (secondary N) is 1. The molecule has 2 atom stereocenters. The minimum Gasteiger partial charge on any atom is -0.465 e. The number of carbonyl (C=O) groups excluding carboxylic acids is 3. The maximum absolute atomic E-state index is 12.4. The quantitative estimate of drug-likeness (QED) is 0.768. The highest BCUT2D eigenvalue weighted by atomic mass is 16.5. The third-order valence-electron chi connectivity index (χ3n) is 4.58. The van der Waals surface area contributed by atoms with Crippen molar-refractivity contribution in [3.05, 3.63) is 29.8 Å². The van der Waals surface area contributed by atoms with Gasteiger partial charge in [0, 0.05) is 18.7 Å². The first-order valence-corrected chi connectivity index (χ1v) is 8.80. The molecule has 25 heavy (non-hydrogen) atoms. The Morgan fingerprint density at radius 3 is 2.72 bits per heavy atom. The van der Waals surface area contributed by atoms with Gasteiger partial charge in [-0.15, -0.1) is 0 Å². The molecule has 2 unspecified atom stereocenters. The van der Waals surface area contributed by atoms with Crippen LogP contribution in [0.3, 0.4) is 0 Å². The molecule has 0 aromatic heterocycles. The molecule has 0 bridgehead atoms. The topological polar surface area (TPSA) is 75.7 Å². The van der Waals surface area contributed by atoms with Gasteiger partial charge in [0.25, 0.3) is 0 Å². The van der Waals surface area contributed by atoms with Crippen LogP contribution in [0.1, 0.15) is 45.1 Å². The van der Waals surface area contributed by atoms with E-state index in [1.165, 1.54) is 0 Å². The molecule has 2 amide bonds. The lowest BCUT2D eigenvalue weighted by atomic mass is 9.96. The summed E-state index contributed by atoms with van der Waals surface area (Å²) in [6, 6.07) is 7.83. The van der Waals surface area contributed by atoms with Gasteiger partial charge in [-0.25, -0.2) is 0 Å². The lowest BCUT2D eigenvalue weighted by Crippen LogP contribution is -2.36. The van der Waals surface area contributed by atoms with Crippen LogP contribution in [0.5, 0.6) is 0 Å². The van der Waals surface area contributed by atoms with Gasteiger partial charge in [-0.3, -0.25) is 14.4 Å². The molecule has 2 rings (SSSR count). The number of nitrogens with zero attached hydrogens (tertiary/aromatic N) is 1. The molecule has 1 aliphatic rings. The SMILES string of the molecule is CCOC(=O)CNC(=O)C1CC(=O)N(c2ccccc2C(C)CC)C1. The number of carbonyl (C=O) groups is 3. The molecular weight excluding hydrogens is 320 g/mol. The van der Waals surface area contributed by atoms with Crippen LogP contribution in [-0.4, -0.2) is 37.5 Å². The zero-order chi connectivity index (χ0) is 18.4. The molecule has 1 heterocycles. The monoisotopic (exact) mass is 346 g/mol. The number of rotatable bonds is 7. The van der Waals surface area contributed by atoms with Crippen LogP contribution in [0.25, 0.3) is 0 Å². The van der Waals surface area contributed by atoms with E-state index in [2.05, 4.69) is 19.2 Å². The Morgan fingerprint density at radius 2 is 2.04 bits per heavy atom. The van der Waals surface area contributed by atoms with Crippen LogP contribution in [0.2, 0.25) is 0 Å². The summed E-state index contributed by atoms with van der Waals surface area (Å²) in [5.41, 5.74) is 1.99. The Kier molecular flexibility index (Phi) is 6.56. The molecule has 6 nitrogen and oxygen atoms in total. The van der Waals surface area contributed by atoms with E-state index in [1.54, 1.807) is 11.8 Å². The Bertz CT molecular complexity index is 644. The van der Waals surface area contributed by atoms with Crippen molar-refractivity contribution in [2.75, 3.05) is 24.6 Å². The third-order valence-corrected chi connectivity index (χ3v) is 4.58. The first-order chi connectivity index (χ1) is 12.0. The highest BCUT2D eigenvalue weighted by Crippen LogP contribution is 2.33. The summed E-state index contributed by atoms with van der Waals surface area (Å²) >= 11 is 0. The number of benzene rings is 1. The van der Waals surface area contributed by atoms with E-state index < -0.39 is 11.9 Å². The summed E-state index contributed by atoms with van der Waals surface area (Å²) in [5, 5.41) is 2.56. The number of para-hydroxylation sites is 1. The van der Waals surface area contributed by atoms with Crippen molar-refractivity contribution in [1.29, 1.82) is 0 Å². The highest BCUT2D eigenvalue weighted by molar-refractivity contribution is 6.01. The molecule has 1 aromatic rings. The van der Waals surface area contributed by atoms with E-state index in [4.69, 9.17) is 4.74 Å². The van der Waals surface area contributed by atoms with Crippen LogP contribution in [0, 0.1) is 5.92 Å². The van der Waals surface area contributed by atoms with Crippen LogP contribution < -0.4 is 10.2 Å². The van der Waals surface area contributed by atoms with Crippen molar-refractivity contribution in [2.24, 2.45) is 5.92 Å². The number of esters is 1. The zero-order valence-corrected chi connectivity index (χ0v) is 15.1. The van der Waals surface area contributed by atoms with Crippen molar-refractivity contribution in [2.45, 2.75) is 39.5 Å². The fourth-order valence-corrected chi connectivity index (χ4v) is 3.00. The molecule has 0 aliphatic carbocycles. The van der Waals surface area contributed by atoms with Crippen molar-refractivity contribution in [1.82, 2.24) is 5.32 Å². The van der Waals surface area contributed by atoms with Gasteiger partial charge < -0.3 is 15.0 Å². The van der Waals surface area contributed by atoms with Crippen LogP contribution in [-0.2, 0) is 19.1 Å².